The molecule has 1 aliphatic rings. The highest BCUT2D eigenvalue weighted by atomic mass is 35.5. The maximum Gasteiger partial charge on any atom is 0.364 e. The molecule has 0 aliphatic carbocycles. The maximum atomic E-state index is 14.3. The Kier molecular flexibility index (Phi) is 6.61. The lowest BCUT2D eigenvalue weighted by atomic mass is 10.1. The van der Waals surface area contributed by atoms with E-state index in [9.17, 15) is 22.9 Å². The van der Waals surface area contributed by atoms with Gasteiger partial charge in [-0.05, 0) is 46.2 Å². The molecular weight excluding hydrogens is 449 g/mol. The molecule has 0 unspecified atom stereocenters. The number of pyridine rings is 1. The van der Waals surface area contributed by atoms with Gasteiger partial charge < -0.3 is 14.9 Å². The van der Waals surface area contributed by atoms with Crippen LogP contribution in [-0.2, 0) is 10.0 Å². The van der Waals surface area contributed by atoms with Gasteiger partial charge in [0.1, 0.15) is 11.6 Å². The normalized spacial score (nSPS) is 14.3. The molecule has 0 N–H and O–H groups in total. The third kappa shape index (κ3) is 5.20. The van der Waals surface area contributed by atoms with E-state index in [1.54, 1.807) is 0 Å². The van der Waals surface area contributed by atoms with Gasteiger partial charge >= 0.3 is 15.8 Å². The van der Waals surface area contributed by atoms with Gasteiger partial charge in [0.15, 0.2) is 0 Å². The average molecular weight is 468 g/mol. The van der Waals surface area contributed by atoms with E-state index in [-0.39, 0.29) is 34.5 Å². The van der Waals surface area contributed by atoms with E-state index < -0.39 is 31.6 Å². The van der Waals surface area contributed by atoms with E-state index in [0.717, 1.165) is 22.5 Å². The number of sulfonamides is 1. The van der Waals surface area contributed by atoms with Gasteiger partial charge in [-0.1, -0.05) is 25.4 Å². The number of allylic oxidation sites excluding steroid dienone is 2. The summed E-state index contributed by atoms with van der Waals surface area (Å²) in [6.07, 6.45) is 2.83. The molecule has 0 spiro atoms. The Bertz CT molecular complexity index is 1180. The molecule has 8 nitrogen and oxygen atoms in total. The second kappa shape index (κ2) is 9.03. The van der Waals surface area contributed by atoms with Crippen LogP contribution in [0.25, 0.3) is 5.70 Å². The number of nitro groups is 1. The van der Waals surface area contributed by atoms with E-state index in [2.05, 4.69) is 4.98 Å². The van der Waals surface area contributed by atoms with Crippen LogP contribution in [0.5, 0.6) is 5.75 Å². The summed E-state index contributed by atoms with van der Waals surface area (Å²) in [7, 11) is -4.31. The van der Waals surface area contributed by atoms with Gasteiger partial charge in [0.2, 0.25) is 0 Å². The van der Waals surface area contributed by atoms with Gasteiger partial charge in [0, 0.05) is 28.8 Å². The second-order valence-corrected chi connectivity index (χ2v) is 9.37. The number of halogens is 2. The van der Waals surface area contributed by atoms with Gasteiger partial charge in [0.25, 0.3) is 5.03 Å². The molecule has 11 heteroatoms. The number of rotatable bonds is 7. The summed E-state index contributed by atoms with van der Waals surface area (Å²) in [6.45, 7) is 4.07. The van der Waals surface area contributed by atoms with Gasteiger partial charge in [0.05, 0.1) is 18.8 Å². The first kappa shape index (κ1) is 22.7. The third-order valence-electron chi connectivity index (χ3n) is 4.20. The van der Waals surface area contributed by atoms with Crippen molar-refractivity contribution < 1.29 is 22.5 Å². The summed E-state index contributed by atoms with van der Waals surface area (Å²) in [5.41, 5.74) is 0.314. The number of hydrogen-bond acceptors (Lipinski definition) is 6. The van der Waals surface area contributed by atoms with Crippen LogP contribution in [0.15, 0.2) is 58.6 Å². The van der Waals surface area contributed by atoms with Gasteiger partial charge in [-0.15, -0.1) is 0 Å². The fraction of sp³-hybridized carbons (Fsp3) is 0.250. The molecule has 2 aromatic rings. The summed E-state index contributed by atoms with van der Waals surface area (Å²) in [5.74, 6) is -0.781. The fourth-order valence-electron chi connectivity index (χ4n) is 2.80. The standard InChI is InChI=1S/C20H19ClFN3O5S/c1-13(2)12-30-17-9-14(8-16(22)11-17)18-10-15(21)6-7-24(18)31(28,29)20-5-3-4-19(23-20)25(26)27/h3-6,8-11,13H,7,12H2,1-2H3. The summed E-state index contributed by atoms with van der Waals surface area (Å²) < 4.78 is 47.3. The van der Waals surface area contributed by atoms with Crippen molar-refractivity contribution in [2.75, 3.05) is 13.2 Å². The Labute approximate surface area is 183 Å². The molecule has 0 atom stereocenters. The molecular formula is C20H19ClFN3O5S. The van der Waals surface area contributed by atoms with E-state index in [1.807, 2.05) is 13.8 Å². The number of benzene rings is 1. The van der Waals surface area contributed by atoms with Gasteiger partial charge in [-0.25, -0.2) is 4.39 Å². The molecule has 0 bridgehead atoms. The van der Waals surface area contributed by atoms with E-state index in [0.29, 0.717) is 6.61 Å². The lowest BCUT2D eigenvalue weighted by molar-refractivity contribution is -0.390. The van der Waals surface area contributed by atoms with Crippen LogP contribution in [0.3, 0.4) is 0 Å². The Balaban J connectivity index is 2.06. The van der Waals surface area contributed by atoms with E-state index in [1.165, 1.54) is 30.4 Å². The first-order valence-electron chi connectivity index (χ1n) is 9.23. The fourth-order valence-corrected chi connectivity index (χ4v) is 4.35. The van der Waals surface area contributed by atoms with Crippen LogP contribution in [0.1, 0.15) is 19.4 Å². The Morgan fingerprint density at radius 3 is 2.74 bits per heavy atom. The SMILES string of the molecule is CC(C)COc1cc(F)cc(C2=CC(Cl)=CCN2S(=O)(=O)c2cccc([N+](=O)[O-])n2)c1. The Morgan fingerprint density at radius 2 is 2.06 bits per heavy atom. The molecule has 1 aromatic carbocycles. The molecule has 0 saturated heterocycles. The molecule has 0 fully saturated rings. The number of ether oxygens (including phenoxy) is 1. The largest absolute Gasteiger partial charge is 0.493 e. The monoisotopic (exact) mass is 467 g/mol. The topological polar surface area (TPSA) is 103 Å². The molecule has 1 aromatic heterocycles. The zero-order chi connectivity index (χ0) is 22.8. The van der Waals surface area contributed by atoms with Gasteiger partial charge in [-0.2, -0.15) is 8.42 Å². The highest BCUT2D eigenvalue weighted by molar-refractivity contribution is 7.89. The maximum absolute atomic E-state index is 14.3. The highest BCUT2D eigenvalue weighted by Gasteiger charge is 2.34. The first-order chi connectivity index (χ1) is 14.6. The molecule has 0 saturated carbocycles. The third-order valence-corrected chi connectivity index (χ3v) is 6.14. The quantitative estimate of drug-likeness (QED) is 0.443. The van der Waals surface area contributed by atoms with Crippen LogP contribution in [0.4, 0.5) is 10.2 Å². The summed E-state index contributed by atoms with van der Waals surface area (Å²) in [4.78, 5) is 13.9. The number of nitrogens with zero attached hydrogens (tertiary/aromatic N) is 3. The Hall–Kier alpha value is -2.98. The predicted molar refractivity (Wildman–Crippen MR) is 113 cm³/mol. The summed E-state index contributed by atoms with van der Waals surface area (Å²) >= 11 is 6.11. The van der Waals surface area contributed by atoms with Crippen LogP contribution in [0.2, 0.25) is 0 Å². The molecule has 164 valence electrons. The first-order valence-corrected chi connectivity index (χ1v) is 11.0. The van der Waals surface area contributed by atoms with Crippen molar-refractivity contribution in [3.8, 4) is 5.75 Å². The van der Waals surface area contributed by atoms with Crippen molar-refractivity contribution >= 4 is 33.1 Å². The van der Waals surface area contributed by atoms with Gasteiger partial charge in [-0.3, -0.25) is 4.31 Å². The predicted octanol–water partition coefficient (Wildman–Crippen LogP) is 4.33. The highest BCUT2D eigenvalue weighted by Crippen LogP contribution is 2.33. The summed E-state index contributed by atoms with van der Waals surface area (Å²) in [5, 5.41) is 10.8. The minimum Gasteiger partial charge on any atom is -0.493 e. The zero-order valence-electron chi connectivity index (χ0n) is 16.7. The van der Waals surface area contributed by atoms with Crippen molar-refractivity contribution in [1.82, 2.24) is 9.29 Å². The molecule has 2 heterocycles. The van der Waals surface area contributed by atoms with Crippen LogP contribution >= 0.6 is 11.6 Å². The van der Waals surface area contributed by atoms with Crippen molar-refractivity contribution in [1.29, 1.82) is 0 Å². The molecule has 0 amide bonds. The molecule has 0 radical (unpaired) electrons. The lowest BCUT2D eigenvalue weighted by Gasteiger charge is -2.27. The molecule has 3 rings (SSSR count). The molecule has 1 aliphatic heterocycles. The van der Waals surface area contributed by atoms with Crippen LogP contribution in [0, 0.1) is 21.8 Å². The lowest BCUT2D eigenvalue weighted by Crippen LogP contribution is -2.32. The second-order valence-electron chi connectivity index (χ2n) is 7.13. The molecule has 31 heavy (non-hydrogen) atoms. The number of aromatic nitrogens is 1. The summed E-state index contributed by atoms with van der Waals surface area (Å²) in [6, 6.07) is 7.35. The van der Waals surface area contributed by atoms with Crippen LogP contribution < -0.4 is 4.74 Å². The van der Waals surface area contributed by atoms with Crippen molar-refractivity contribution in [3.63, 3.8) is 0 Å². The minimum atomic E-state index is -4.31. The minimum absolute atomic E-state index is 0.0923. The van der Waals surface area contributed by atoms with E-state index in [4.69, 9.17) is 16.3 Å². The zero-order valence-corrected chi connectivity index (χ0v) is 18.2. The average Bonchev–Trinajstić information content (AvgIpc) is 2.71. The van der Waals surface area contributed by atoms with Crippen molar-refractivity contribution in [3.05, 3.63) is 75.1 Å². The van der Waals surface area contributed by atoms with Crippen molar-refractivity contribution in [2.24, 2.45) is 5.92 Å². The number of hydrogen-bond donors (Lipinski definition) is 0. The van der Waals surface area contributed by atoms with Crippen LogP contribution in [-0.4, -0.2) is 35.8 Å². The smallest absolute Gasteiger partial charge is 0.364 e. The Morgan fingerprint density at radius 1 is 1.32 bits per heavy atom. The van der Waals surface area contributed by atoms with Crippen molar-refractivity contribution in [2.45, 2.75) is 18.9 Å². The van der Waals surface area contributed by atoms with E-state index >= 15 is 0 Å².